The van der Waals surface area contributed by atoms with Crippen molar-refractivity contribution in [2.75, 3.05) is 18.5 Å². The van der Waals surface area contributed by atoms with Crippen molar-refractivity contribution < 1.29 is 19.1 Å². The van der Waals surface area contributed by atoms with Crippen LogP contribution in [0.5, 0.6) is 5.75 Å². The molecule has 0 aliphatic rings. The van der Waals surface area contributed by atoms with Crippen LogP contribution in [-0.4, -0.2) is 30.1 Å². The SMILES string of the molecule is Cc1cc(C)c2nc(NC(=O)COC(=O)COc3ccc4ccccc4c3)sc2c1. The normalized spacial score (nSPS) is 10.9. The molecule has 0 atom stereocenters. The van der Waals surface area contributed by atoms with Gasteiger partial charge in [-0.3, -0.25) is 10.1 Å². The van der Waals surface area contributed by atoms with Gasteiger partial charge in [0.15, 0.2) is 18.3 Å². The molecule has 152 valence electrons. The first-order chi connectivity index (χ1) is 14.5. The molecule has 0 spiro atoms. The second kappa shape index (κ2) is 8.51. The summed E-state index contributed by atoms with van der Waals surface area (Å²) in [7, 11) is 0. The summed E-state index contributed by atoms with van der Waals surface area (Å²) in [6.45, 7) is 3.33. The van der Waals surface area contributed by atoms with Crippen LogP contribution in [0.15, 0.2) is 54.6 Å². The minimum absolute atomic E-state index is 0.273. The number of esters is 1. The Hall–Kier alpha value is -3.45. The summed E-state index contributed by atoms with van der Waals surface area (Å²) in [5, 5.41) is 5.26. The number of carbonyl (C=O) groups excluding carboxylic acids is 2. The number of thiazole rings is 1. The van der Waals surface area contributed by atoms with Gasteiger partial charge in [-0.1, -0.05) is 47.7 Å². The lowest BCUT2D eigenvalue weighted by Crippen LogP contribution is -2.23. The van der Waals surface area contributed by atoms with Gasteiger partial charge in [0.05, 0.1) is 10.2 Å². The Morgan fingerprint density at radius 2 is 1.80 bits per heavy atom. The lowest BCUT2D eigenvalue weighted by Gasteiger charge is -2.08. The average molecular weight is 420 g/mol. The quantitative estimate of drug-likeness (QED) is 0.460. The number of anilines is 1. The number of ether oxygens (including phenoxy) is 2. The second-order valence-electron chi connectivity index (χ2n) is 6.95. The molecule has 0 saturated heterocycles. The highest BCUT2D eigenvalue weighted by Gasteiger charge is 2.12. The summed E-state index contributed by atoms with van der Waals surface area (Å²) in [6.07, 6.45) is 0. The van der Waals surface area contributed by atoms with Gasteiger partial charge >= 0.3 is 5.97 Å². The van der Waals surface area contributed by atoms with Gasteiger partial charge in [-0.2, -0.15) is 0 Å². The zero-order chi connectivity index (χ0) is 21.1. The third kappa shape index (κ3) is 4.58. The van der Waals surface area contributed by atoms with Crippen molar-refractivity contribution in [1.82, 2.24) is 4.98 Å². The molecular formula is C23H20N2O4S. The molecule has 4 rings (SSSR count). The monoisotopic (exact) mass is 420 g/mol. The van der Waals surface area contributed by atoms with E-state index in [1.807, 2.05) is 62.4 Å². The van der Waals surface area contributed by atoms with Crippen molar-refractivity contribution in [3.63, 3.8) is 0 Å². The molecule has 0 unspecified atom stereocenters. The van der Waals surface area contributed by atoms with E-state index in [4.69, 9.17) is 9.47 Å². The van der Waals surface area contributed by atoms with E-state index in [-0.39, 0.29) is 6.61 Å². The summed E-state index contributed by atoms with van der Waals surface area (Å²) < 4.78 is 11.5. The van der Waals surface area contributed by atoms with Crippen LogP contribution in [0.1, 0.15) is 11.1 Å². The highest BCUT2D eigenvalue weighted by Crippen LogP contribution is 2.29. The Kier molecular flexibility index (Phi) is 5.63. The highest BCUT2D eigenvalue weighted by atomic mass is 32.1. The van der Waals surface area contributed by atoms with E-state index in [2.05, 4.69) is 10.3 Å². The summed E-state index contributed by atoms with van der Waals surface area (Å²) in [6, 6.07) is 17.5. The Labute approximate surface area is 177 Å². The first-order valence-electron chi connectivity index (χ1n) is 9.43. The topological polar surface area (TPSA) is 77.5 Å². The molecule has 1 heterocycles. The van der Waals surface area contributed by atoms with Crippen molar-refractivity contribution in [3.05, 3.63) is 65.7 Å². The van der Waals surface area contributed by atoms with Gasteiger partial charge in [0.25, 0.3) is 5.91 Å². The zero-order valence-electron chi connectivity index (χ0n) is 16.6. The van der Waals surface area contributed by atoms with Gasteiger partial charge in [0, 0.05) is 0 Å². The minimum atomic E-state index is -0.617. The largest absolute Gasteiger partial charge is 0.482 e. The molecule has 0 bridgehead atoms. The zero-order valence-corrected chi connectivity index (χ0v) is 17.4. The van der Waals surface area contributed by atoms with E-state index in [1.54, 1.807) is 6.07 Å². The Bertz CT molecular complexity index is 1250. The summed E-state index contributed by atoms with van der Waals surface area (Å²) in [4.78, 5) is 28.5. The molecule has 30 heavy (non-hydrogen) atoms. The molecule has 1 N–H and O–H groups in total. The Morgan fingerprint density at radius 1 is 1.00 bits per heavy atom. The van der Waals surface area contributed by atoms with Gasteiger partial charge in [-0.15, -0.1) is 0 Å². The second-order valence-corrected chi connectivity index (χ2v) is 7.98. The van der Waals surface area contributed by atoms with Crippen LogP contribution < -0.4 is 10.1 Å². The number of nitrogens with one attached hydrogen (secondary N) is 1. The molecule has 6 nitrogen and oxygen atoms in total. The van der Waals surface area contributed by atoms with Crippen LogP contribution >= 0.6 is 11.3 Å². The number of aromatic nitrogens is 1. The fraction of sp³-hybridized carbons (Fsp3) is 0.174. The average Bonchev–Trinajstić information content (AvgIpc) is 3.13. The van der Waals surface area contributed by atoms with Gasteiger partial charge in [0.1, 0.15) is 5.75 Å². The molecular weight excluding hydrogens is 400 g/mol. The molecule has 3 aromatic carbocycles. The smallest absolute Gasteiger partial charge is 0.344 e. The Balaban J connectivity index is 1.28. The van der Waals surface area contributed by atoms with Crippen LogP contribution in [0, 0.1) is 13.8 Å². The van der Waals surface area contributed by atoms with Crippen LogP contribution in [0.2, 0.25) is 0 Å². The predicted octanol–water partition coefficient (Wildman–Crippen LogP) is 4.63. The third-order valence-electron chi connectivity index (χ3n) is 4.52. The molecule has 0 aliphatic carbocycles. The fourth-order valence-corrected chi connectivity index (χ4v) is 4.22. The molecule has 1 aromatic heterocycles. The van der Waals surface area contributed by atoms with Crippen LogP contribution in [0.25, 0.3) is 21.0 Å². The summed E-state index contributed by atoms with van der Waals surface area (Å²) in [5.74, 6) is -0.494. The standard InChI is InChI=1S/C23H20N2O4S/c1-14-9-15(2)22-19(10-14)30-23(25-22)24-20(26)12-29-21(27)13-28-18-8-7-16-5-3-4-6-17(16)11-18/h3-11H,12-13H2,1-2H3,(H,24,25,26). The molecule has 1 amide bonds. The minimum Gasteiger partial charge on any atom is -0.482 e. The highest BCUT2D eigenvalue weighted by molar-refractivity contribution is 7.22. The number of aryl methyl sites for hydroxylation is 2. The Morgan fingerprint density at radius 3 is 2.63 bits per heavy atom. The van der Waals surface area contributed by atoms with Gasteiger partial charge in [0.2, 0.25) is 0 Å². The number of carbonyl (C=O) groups is 2. The number of fused-ring (bicyclic) bond motifs is 2. The maximum absolute atomic E-state index is 12.1. The van der Waals surface area contributed by atoms with E-state index >= 15 is 0 Å². The third-order valence-corrected chi connectivity index (χ3v) is 5.44. The lowest BCUT2D eigenvalue weighted by molar-refractivity contribution is -0.149. The summed E-state index contributed by atoms with van der Waals surface area (Å²) >= 11 is 1.39. The molecule has 0 fully saturated rings. The van der Waals surface area contributed by atoms with Gasteiger partial charge in [-0.05, 0) is 53.9 Å². The molecule has 0 saturated carbocycles. The van der Waals surface area contributed by atoms with Gasteiger partial charge < -0.3 is 9.47 Å². The molecule has 7 heteroatoms. The first kappa shape index (κ1) is 19.8. The fourth-order valence-electron chi connectivity index (χ4n) is 3.17. The van der Waals surface area contributed by atoms with Crippen LogP contribution in [0.3, 0.4) is 0 Å². The van der Waals surface area contributed by atoms with E-state index in [0.717, 1.165) is 32.1 Å². The number of amides is 1. The number of hydrogen-bond acceptors (Lipinski definition) is 6. The summed E-state index contributed by atoms with van der Waals surface area (Å²) in [5.41, 5.74) is 3.06. The maximum atomic E-state index is 12.1. The molecule has 0 aliphatic heterocycles. The number of benzene rings is 3. The number of nitrogens with zero attached hydrogens (tertiary/aromatic N) is 1. The lowest BCUT2D eigenvalue weighted by atomic mass is 10.1. The predicted molar refractivity (Wildman–Crippen MR) is 118 cm³/mol. The number of hydrogen-bond donors (Lipinski definition) is 1. The van der Waals surface area contributed by atoms with Crippen molar-refractivity contribution >= 4 is 49.3 Å². The van der Waals surface area contributed by atoms with E-state index in [9.17, 15) is 9.59 Å². The first-order valence-corrected chi connectivity index (χ1v) is 10.2. The van der Waals surface area contributed by atoms with E-state index in [0.29, 0.717) is 10.9 Å². The molecule has 4 aromatic rings. The molecule has 0 radical (unpaired) electrons. The van der Waals surface area contributed by atoms with Gasteiger partial charge in [-0.25, -0.2) is 9.78 Å². The van der Waals surface area contributed by atoms with Crippen LogP contribution in [-0.2, 0) is 14.3 Å². The van der Waals surface area contributed by atoms with Crippen molar-refractivity contribution in [2.45, 2.75) is 13.8 Å². The van der Waals surface area contributed by atoms with Crippen molar-refractivity contribution in [3.8, 4) is 5.75 Å². The van der Waals surface area contributed by atoms with E-state index in [1.165, 1.54) is 11.3 Å². The van der Waals surface area contributed by atoms with Crippen molar-refractivity contribution in [2.24, 2.45) is 0 Å². The van der Waals surface area contributed by atoms with E-state index < -0.39 is 18.5 Å². The van der Waals surface area contributed by atoms with Crippen molar-refractivity contribution in [1.29, 1.82) is 0 Å². The number of rotatable bonds is 6. The maximum Gasteiger partial charge on any atom is 0.344 e. The van der Waals surface area contributed by atoms with Crippen LogP contribution in [0.4, 0.5) is 5.13 Å².